The molecule has 0 aliphatic carbocycles. The first-order chi connectivity index (χ1) is 10.9. The molecule has 0 amide bonds. The van der Waals surface area contributed by atoms with Crippen LogP contribution in [0.2, 0.25) is 0 Å². The number of alkyl halides is 2. The van der Waals surface area contributed by atoms with Crippen molar-refractivity contribution in [3.8, 4) is 5.75 Å². The third-order valence-electron chi connectivity index (χ3n) is 3.35. The molecule has 2 N–H and O–H groups in total. The molecule has 122 valence electrons. The van der Waals surface area contributed by atoms with E-state index in [1.54, 1.807) is 31.2 Å². The summed E-state index contributed by atoms with van der Waals surface area (Å²) in [4.78, 5) is 12.1. The molecule has 0 bridgehead atoms. The van der Waals surface area contributed by atoms with E-state index in [1.807, 2.05) is 6.92 Å². The van der Waals surface area contributed by atoms with Gasteiger partial charge in [-0.1, -0.05) is 12.1 Å². The minimum atomic E-state index is -2.87. The summed E-state index contributed by atoms with van der Waals surface area (Å²) >= 11 is 0. The van der Waals surface area contributed by atoms with Gasteiger partial charge in [-0.2, -0.15) is 8.78 Å². The van der Waals surface area contributed by atoms with Gasteiger partial charge < -0.3 is 15.2 Å². The van der Waals surface area contributed by atoms with Crippen LogP contribution in [0.1, 0.15) is 27.0 Å². The molecule has 0 saturated heterocycles. The summed E-state index contributed by atoms with van der Waals surface area (Å²) in [7, 11) is 0. The topological polar surface area (TPSA) is 61.5 Å². The van der Waals surface area contributed by atoms with Crippen molar-refractivity contribution in [2.24, 2.45) is 0 Å². The second-order valence-electron chi connectivity index (χ2n) is 5.12. The van der Waals surface area contributed by atoms with Gasteiger partial charge in [-0.15, -0.1) is 0 Å². The maximum atomic E-state index is 12.1. The van der Waals surface area contributed by atoms with Gasteiger partial charge in [0.15, 0.2) is 0 Å². The fraction of sp³-hybridized carbons (Fsp3) is 0.235. The Labute approximate surface area is 132 Å². The number of nitrogens with two attached hydrogens (primary N) is 1. The highest BCUT2D eigenvalue weighted by molar-refractivity contribution is 5.92. The van der Waals surface area contributed by atoms with Gasteiger partial charge in [0.2, 0.25) is 0 Å². The first-order valence-corrected chi connectivity index (χ1v) is 6.94. The highest BCUT2D eigenvalue weighted by atomic mass is 19.3. The number of esters is 1. The molecule has 0 spiro atoms. The first kappa shape index (κ1) is 16.7. The Morgan fingerprint density at radius 3 is 2.39 bits per heavy atom. The van der Waals surface area contributed by atoms with Crippen LogP contribution in [0.25, 0.3) is 0 Å². The van der Waals surface area contributed by atoms with Crippen molar-refractivity contribution in [1.82, 2.24) is 0 Å². The Balaban J connectivity index is 2.00. The van der Waals surface area contributed by atoms with E-state index in [9.17, 15) is 13.6 Å². The van der Waals surface area contributed by atoms with Crippen LogP contribution < -0.4 is 10.5 Å². The van der Waals surface area contributed by atoms with E-state index in [1.165, 1.54) is 12.1 Å². The van der Waals surface area contributed by atoms with Crippen LogP contribution >= 0.6 is 0 Å². The molecule has 2 aromatic rings. The number of ether oxygens (including phenoxy) is 2. The van der Waals surface area contributed by atoms with Crippen molar-refractivity contribution >= 4 is 11.7 Å². The highest BCUT2D eigenvalue weighted by Gasteiger charge is 2.12. The summed E-state index contributed by atoms with van der Waals surface area (Å²) in [6.45, 7) is 0.766. The predicted molar refractivity (Wildman–Crippen MR) is 82.5 cm³/mol. The normalized spacial score (nSPS) is 10.7. The minimum Gasteiger partial charge on any atom is -0.457 e. The van der Waals surface area contributed by atoms with Crippen LogP contribution in [0.4, 0.5) is 14.5 Å². The number of carbonyl (C=O) groups is 1. The largest absolute Gasteiger partial charge is 0.457 e. The molecular weight excluding hydrogens is 304 g/mol. The number of nitrogen functional groups attached to an aromatic ring is 1. The molecule has 0 atom stereocenters. The minimum absolute atomic E-state index is 0.0383. The molecular formula is C17H17F2NO3. The zero-order valence-electron chi connectivity index (χ0n) is 12.8. The van der Waals surface area contributed by atoms with Gasteiger partial charge in [-0.25, -0.2) is 4.79 Å². The quantitative estimate of drug-likeness (QED) is 0.671. The summed E-state index contributed by atoms with van der Waals surface area (Å²) in [5.74, 6) is -0.404. The summed E-state index contributed by atoms with van der Waals surface area (Å²) in [5.41, 5.74) is 9.07. The van der Waals surface area contributed by atoms with Crippen molar-refractivity contribution in [3.63, 3.8) is 0 Å². The first-order valence-electron chi connectivity index (χ1n) is 6.94. The number of carbonyl (C=O) groups excluding carboxylic acids is 1. The van der Waals surface area contributed by atoms with Crippen LogP contribution in [0.5, 0.6) is 5.75 Å². The number of hydrogen-bond acceptors (Lipinski definition) is 4. The Morgan fingerprint density at radius 2 is 1.78 bits per heavy atom. The van der Waals surface area contributed by atoms with E-state index in [0.717, 1.165) is 11.1 Å². The zero-order valence-corrected chi connectivity index (χ0v) is 12.8. The lowest BCUT2D eigenvalue weighted by Crippen LogP contribution is -2.08. The predicted octanol–water partition coefficient (Wildman–Crippen LogP) is 3.84. The van der Waals surface area contributed by atoms with Gasteiger partial charge >= 0.3 is 12.6 Å². The molecule has 0 heterocycles. The van der Waals surface area contributed by atoms with Gasteiger partial charge in [0.1, 0.15) is 12.4 Å². The summed E-state index contributed by atoms with van der Waals surface area (Å²) in [5, 5.41) is 0. The number of halogens is 2. The SMILES string of the molecule is Cc1cc(C(=O)OCc2ccc(OC(F)F)cc2)c(C)cc1N. The molecule has 2 aromatic carbocycles. The van der Waals surface area contributed by atoms with Crippen molar-refractivity contribution in [3.05, 3.63) is 58.7 Å². The maximum absolute atomic E-state index is 12.1. The molecule has 6 heteroatoms. The molecule has 0 fully saturated rings. The molecule has 0 aliphatic rings. The molecule has 0 aliphatic heterocycles. The number of anilines is 1. The van der Waals surface area contributed by atoms with Crippen molar-refractivity contribution in [2.45, 2.75) is 27.1 Å². The number of rotatable bonds is 5. The van der Waals surface area contributed by atoms with Crippen LogP contribution in [-0.4, -0.2) is 12.6 Å². The van der Waals surface area contributed by atoms with E-state index in [-0.39, 0.29) is 12.4 Å². The van der Waals surface area contributed by atoms with Crippen LogP contribution in [0, 0.1) is 13.8 Å². The maximum Gasteiger partial charge on any atom is 0.387 e. The molecule has 0 aromatic heterocycles. The molecule has 2 rings (SSSR count). The lowest BCUT2D eigenvalue weighted by molar-refractivity contribution is -0.0498. The van der Waals surface area contributed by atoms with Gasteiger partial charge in [0.25, 0.3) is 0 Å². The zero-order chi connectivity index (χ0) is 17.0. The lowest BCUT2D eigenvalue weighted by Gasteiger charge is -2.10. The lowest BCUT2D eigenvalue weighted by atomic mass is 10.0. The molecule has 4 nitrogen and oxygen atoms in total. The summed E-state index contributed by atoms with van der Waals surface area (Å²) in [6.07, 6.45) is 0. The van der Waals surface area contributed by atoms with Crippen LogP contribution in [-0.2, 0) is 11.3 Å². The fourth-order valence-corrected chi connectivity index (χ4v) is 2.05. The standard InChI is InChI=1S/C17H17F2NO3/c1-10-8-15(20)11(2)7-14(10)16(21)22-9-12-3-5-13(6-4-12)23-17(18)19/h3-8,17H,9,20H2,1-2H3. The van der Waals surface area contributed by atoms with Crippen molar-refractivity contribution < 1.29 is 23.0 Å². The van der Waals surface area contributed by atoms with Crippen molar-refractivity contribution in [2.75, 3.05) is 5.73 Å². The van der Waals surface area contributed by atoms with Crippen LogP contribution in [0.15, 0.2) is 36.4 Å². The summed E-state index contributed by atoms with van der Waals surface area (Å²) in [6, 6.07) is 9.33. The molecule has 23 heavy (non-hydrogen) atoms. The molecule has 0 radical (unpaired) electrons. The second-order valence-corrected chi connectivity index (χ2v) is 5.12. The van der Waals surface area contributed by atoms with E-state index in [0.29, 0.717) is 16.8 Å². The van der Waals surface area contributed by atoms with Crippen LogP contribution in [0.3, 0.4) is 0 Å². The second kappa shape index (κ2) is 7.09. The van der Waals surface area contributed by atoms with E-state index in [4.69, 9.17) is 10.5 Å². The Hall–Kier alpha value is -2.63. The smallest absolute Gasteiger partial charge is 0.387 e. The monoisotopic (exact) mass is 321 g/mol. The molecule has 0 saturated carbocycles. The number of benzene rings is 2. The van der Waals surface area contributed by atoms with Crippen molar-refractivity contribution in [1.29, 1.82) is 0 Å². The number of hydrogen-bond donors (Lipinski definition) is 1. The van der Waals surface area contributed by atoms with Gasteiger partial charge in [-0.3, -0.25) is 0 Å². The third-order valence-corrected chi connectivity index (χ3v) is 3.35. The Bertz CT molecular complexity index is 700. The Morgan fingerprint density at radius 1 is 1.13 bits per heavy atom. The van der Waals surface area contributed by atoms with Gasteiger partial charge in [-0.05, 0) is 54.8 Å². The van der Waals surface area contributed by atoms with Gasteiger partial charge in [0.05, 0.1) is 5.56 Å². The molecule has 0 unspecified atom stereocenters. The summed E-state index contributed by atoms with van der Waals surface area (Å²) < 4.78 is 33.6. The third kappa shape index (κ3) is 4.42. The average molecular weight is 321 g/mol. The van der Waals surface area contributed by atoms with E-state index < -0.39 is 12.6 Å². The van der Waals surface area contributed by atoms with Gasteiger partial charge in [0, 0.05) is 5.69 Å². The van der Waals surface area contributed by atoms with E-state index >= 15 is 0 Å². The Kier molecular flexibility index (Phi) is 5.16. The number of aryl methyl sites for hydroxylation is 2. The fourth-order valence-electron chi connectivity index (χ4n) is 2.05. The highest BCUT2D eigenvalue weighted by Crippen LogP contribution is 2.20. The van der Waals surface area contributed by atoms with E-state index in [2.05, 4.69) is 4.74 Å². The average Bonchev–Trinajstić information content (AvgIpc) is 2.49.